The summed E-state index contributed by atoms with van der Waals surface area (Å²) in [5.41, 5.74) is -2.24. The molecule has 0 radical (unpaired) electrons. The van der Waals surface area contributed by atoms with Gasteiger partial charge in [0.2, 0.25) is 5.75 Å². The second-order valence-electron chi connectivity index (χ2n) is 6.37. The first-order valence-electron chi connectivity index (χ1n) is 8.70. The Morgan fingerprint density at radius 2 is 1.76 bits per heavy atom. The van der Waals surface area contributed by atoms with Gasteiger partial charge >= 0.3 is 11.9 Å². The van der Waals surface area contributed by atoms with Crippen LogP contribution >= 0.6 is 23.8 Å². The van der Waals surface area contributed by atoms with Gasteiger partial charge in [-0.15, -0.1) is 0 Å². The molecule has 2 aromatic rings. The van der Waals surface area contributed by atoms with E-state index in [1.54, 1.807) is 0 Å². The number of ether oxygens (including phenoxy) is 2. The number of hydrogen-bond acceptors (Lipinski definition) is 7. The average Bonchev–Trinajstić information content (AvgIpc) is 2.71. The summed E-state index contributed by atoms with van der Waals surface area (Å²) < 4.78 is 49.3. The minimum Gasteiger partial charge on any atom is -0.493 e. The van der Waals surface area contributed by atoms with Crippen molar-refractivity contribution in [3.63, 3.8) is 0 Å². The van der Waals surface area contributed by atoms with Crippen molar-refractivity contribution >= 4 is 52.5 Å². The average molecular weight is 502 g/mol. The Bertz CT molecular complexity index is 1210. The van der Waals surface area contributed by atoms with Gasteiger partial charge in [0.15, 0.2) is 16.6 Å². The molecule has 1 heterocycles. The van der Waals surface area contributed by atoms with Crippen LogP contribution in [0.4, 0.5) is 18.9 Å². The van der Waals surface area contributed by atoms with Crippen LogP contribution in [-0.4, -0.2) is 29.0 Å². The van der Waals surface area contributed by atoms with E-state index in [1.165, 1.54) is 25.3 Å². The number of nitrogens with one attached hydrogen (secondary N) is 2. The molecule has 1 aliphatic heterocycles. The number of alkyl halides is 3. The molecule has 1 saturated heterocycles. The van der Waals surface area contributed by atoms with E-state index in [2.05, 4.69) is 10.6 Å². The number of hydrogen-bond donors (Lipinski definition) is 2. The van der Waals surface area contributed by atoms with Crippen LogP contribution in [0.3, 0.4) is 0 Å². The van der Waals surface area contributed by atoms with Gasteiger partial charge in [0.05, 0.1) is 22.6 Å². The summed E-state index contributed by atoms with van der Waals surface area (Å²) in [6.45, 7) is 0. The Morgan fingerprint density at radius 1 is 1.12 bits per heavy atom. The third-order valence-corrected chi connectivity index (χ3v) is 4.69. The summed E-state index contributed by atoms with van der Waals surface area (Å²) in [6, 6.07) is 4.30. The first kappa shape index (κ1) is 23.9. The predicted octanol–water partition coefficient (Wildman–Crippen LogP) is 3.98. The van der Waals surface area contributed by atoms with Crippen molar-refractivity contribution in [3.8, 4) is 17.2 Å². The summed E-state index contributed by atoms with van der Waals surface area (Å²) in [4.78, 5) is 34.3. The zero-order valence-electron chi connectivity index (χ0n) is 16.3. The molecule has 14 heteroatoms. The Balaban J connectivity index is 2.02. The Kier molecular flexibility index (Phi) is 6.56. The third-order valence-electron chi connectivity index (χ3n) is 4.20. The zero-order valence-corrected chi connectivity index (χ0v) is 17.9. The number of rotatable bonds is 5. The summed E-state index contributed by atoms with van der Waals surface area (Å²) in [5.74, 6) is -2.32. The molecule has 2 aromatic carbocycles. The summed E-state index contributed by atoms with van der Waals surface area (Å²) >= 11 is 10.9. The number of methoxy groups -OCH3 is 1. The van der Waals surface area contributed by atoms with Gasteiger partial charge in [-0.05, 0) is 48.1 Å². The van der Waals surface area contributed by atoms with Gasteiger partial charge in [-0.2, -0.15) is 13.2 Å². The van der Waals surface area contributed by atoms with E-state index >= 15 is 0 Å². The van der Waals surface area contributed by atoms with Gasteiger partial charge in [-0.1, -0.05) is 11.6 Å². The Labute approximate surface area is 193 Å². The van der Waals surface area contributed by atoms with E-state index < -0.39 is 39.9 Å². The van der Waals surface area contributed by atoms with Crippen LogP contribution < -0.4 is 20.1 Å². The number of benzene rings is 2. The van der Waals surface area contributed by atoms with Crippen LogP contribution in [0.5, 0.6) is 17.2 Å². The maximum absolute atomic E-state index is 12.9. The minimum atomic E-state index is -4.80. The van der Waals surface area contributed by atoms with Crippen molar-refractivity contribution in [1.82, 2.24) is 10.6 Å². The zero-order chi connectivity index (χ0) is 24.5. The van der Waals surface area contributed by atoms with Crippen LogP contribution in [0.2, 0.25) is 5.02 Å². The van der Waals surface area contributed by atoms with Crippen molar-refractivity contribution in [3.05, 3.63) is 62.2 Å². The SMILES string of the molecule is COc1cc(C=C2C(=O)NC(=S)NC2=O)cc(Cl)c1Oc1ccc(C(F)(F)F)cc1[N+](=O)[O-]. The Hall–Kier alpha value is -3.71. The summed E-state index contributed by atoms with van der Waals surface area (Å²) in [6.07, 6.45) is -3.61. The van der Waals surface area contributed by atoms with E-state index in [0.717, 1.165) is 6.07 Å². The maximum atomic E-state index is 12.9. The van der Waals surface area contributed by atoms with E-state index in [1.807, 2.05) is 0 Å². The standard InChI is InChI=1S/C19H11ClF3N3O6S/c1-31-14-6-8(4-10-16(27)24-18(33)25-17(10)28)5-11(20)15(14)32-13-3-2-9(19(21,22)23)7-12(13)26(29)30/h2-7H,1H3,(H2,24,25,27,28,33). The smallest absolute Gasteiger partial charge is 0.416 e. The molecule has 3 rings (SSSR count). The maximum Gasteiger partial charge on any atom is 0.416 e. The number of amides is 2. The molecule has 0 saturated carbocycles. The molecule has 1 aliphatic rings. The number of nitro benzene ring substituents is 1. The number of nitro groups is 1. The normalized spacial score (nSPS) is 13.8. The van der Waals surface area contributed by atoms with E-state index in [4.69, 9.17) is 33.3 Å². The quantitative estimate of drug-likeness (QED) is 0.209. The lowest BCUT2D eigenvalue weighted by Crippen LogP contribution is -2.51. The second kappa shape index (κ2) is 9.03. The van der Waals surface area contributed by atoms with E-state index in [9.17, 15) is 32.9 Å². The minimum absolute atomic E-state index is 0.0734. The lowest BCUT2D eigenvalue weighted by molar-refractivity contribution is -0.385. The molecule has 172 valence electrons. The molecule has 2 N–H and O–H groups in total. The van der Waals surface area contributed by atoms with Gasteiger partial charge in [-0.3, -0.25) is 30.3 Å². The summed E-state index contributed by atoms with van der Waals surface area (Å²) in [5, 5.41) is 15.5. The number of nitrogens with zero attached hydrogens (tertiary/aromatic N) is 1. The lowest BCUT2D eigenvalue weighted by atomic mass is 10.1. The number of halogens is 4. The van der Waals surface area contributed by atoms with Crippen molar-refractivity contribution in [2.75, 3.05) is 7.11 Å². The molecule has 9 nitrogen and oxygen atoms in total. The highest BCUT2D eigenvalue weighted by Gasteiger charge is 2.34. The molecule has 0 spiro atoms. The largest absolute Gasteiger partial charge is 0.493 e. The molecular weight excluding hydrogens is 491 g/mol. The van der Waals surface area contributed by atoms with Crippen LogP contribution in [0.15, 0.2) is 35.9 Å². The molecule has 0 atom stereocenters. The number of carbonyl (C=O) groups is 2. The lowest BCUT2D eigenvalue weighted by Gasteiger charge is -2.17. The highest BCUT2D eigenvalue weighted by molar-refractivity contribution is 7.80. The fourth-order valence-electron chi connectivity index (χ4n) is 2.73. The Morgan fingerprint density at radius 3 is 2.30 bits per heavy atom. The van der Waals surface area contributed by atoms with Gasteiger partial charge in [0.1, 0.15) is 5.57 Å². The molecular formula is C19H11ClF3N3O6S. The third kappa shape index (κ3) is 5.21. The first-order valence-corrected chi connectivity index (χ1v) is 9.48. The van der Waals surface area contributed by atoms with E-state index in [-0.39, 0.29) is 32.8 Å². The summed E-state index contributed by atoms with van der Waals surface area (Å²) in [7, 11) is 1.22. The van der Waals surface area contributed by atoms with Crippen LogP contribution in [0.25, 0.3) is 6.08 Å². The molecule has 33 heavy (non-hydrogen) atoms. The fourth-order valence-corrected chi connectivity index (χ4v) is 3.17. The molecule has 0 aliphatic carbocycles. The molecule has 0 aromatic heterocycles. The van der Waals surface area contributed by atoms with Crippen molar-refractivity contribution in [2.45, 2.75) is 6.18 Å². The second-order valence-corrected chi connectivity index (χ2v) is 7.18. The monoisotopic (exact) mass is 501 g/mol. The van der Waals surface area contributed by atoms with Crippen LogP contribution in [0.1, 0.15) is 11.1 Å². The first-order chi connectivity index (χ1) is 15.4. The predicted molar refractivity (Wildman–Crippen MR) is 113 cm³/mol. The van der Waals surface area contributed by atoms with Crippen molar-refractivity contribution in [2.24, 2.45) is 0 Å². The van der Waals surface area contributed by atoms with Gasteiger partial charge in [-0.25, -0.2) is 0 Å². The van der Waals surface area contributed by atoms with Gasteiger partial charge < -0.3 is 9.47 Å². The topological polar surface area (TPSA) is 120 Å². The molecule has 0 bridgehead atoms. The fraction of sp³-hybridized carbons (Fsp3) is 0.105. The molecule has 0 unspecified atom stereocenters. The van der Waals surface area contributed by atoms with Crippen molar-refractivity contribution in [1.29, 1.82) is 0 Å². The number of thiocarbonyl (C=S) groups is 1. The molecule has 2 amide bonds. The highest BCUT2D eigenvalue weighted by Crippen LogP contribution is 2.43. The van der Waals surface area contributed by atoms with Crippen LogP contribution in [-0.2, 0) is 15.8 Å². The number of carbonyl (C=O) groups excluding carboxylic acids is 2. The van der Waals surface area contributed by atoms with Crippen LogP contribution in [0, 0.1) is 10.1 Å². The van der Waals surface area contributed by atoms with E-state index in [0.29, 0.717) is 12.1 Å². The molecule has 1 fully saturated rings. The van der Waals surface area contributed by atoms with Gasteiger partial charge in [0.25, 0.3) is 11.8 Å². The van der Waals surface area contributed by atoms with Gasteiger partial charge in [0, 0.05) is 6.07 Å². The van der Waals surface area contributed by atoms with Crippen molar-refractivity contribution < 1.29 is 37.2 Å². The highest BCUT2D eigenvalue weighted by atomic mass is 35.5.